The van der Waals surface area contributed by atoms with Crippen LogP contribution in [0.4, 0.5) is 0 Å². The minimum Gasteiger partial charge on any atom is -0.449 e. The second kappa shape index (κ2) is 44.3. The summed E-state index contributed by atoms with van der Waals surface area (Å²) in [6, 6.07) is 35.4. The summed E-state index contributed by atoms with van der Waals surface area (Å²) in [4.78, 5) is 30.0. The van der Waals surface area contributed by atoms with Crippen molar-refractivity contribution in [3.05, 3.63) is 262 Å². The molecule has 11 aromatic heterocycles. The number of aromatic nitrogens is 19. The minimum atomic E-state index is 0.676. The molecular weight excluding hydrogens is 1060 g/mol. The van der Waals surface area contributed by atoms with Crippen LogP contribution in [-0.2, 0) is 0 Å². The minimum absolute atomic E-state index is 0.676. The summed E-state index contributed by atoms with van der Waals surface area (Å²) in [6.07, 6.45) is 20.7. The van der Waals surface area contributed by atoms with Crippen LogP contribution in [0.2, 0.25) is 0 Å². The molecule has 0 aliphatic rings. The average molecular weight is 1130 g/mol. The molecule has 0 aliphatic carbocycles. The van der Waals surface area contributed by atoms with E-state index in [1.807, 2.05) is 165 Å². The first-order valence-electron chi connectivity index (χ1n) is 24.8. The van der Waals surface area contributed by atoms with Crippen LogP contribution in [0.3, 0.4) is 0 Å². The van der Waals surface area contributed by atoms with E-state index in [0.717, 1.165) is 61.3 Å². The molecule has 0 bridgehead atoms. The number of hydrogen-bond donors (Lipinski definition) is 3. The number of nitrogens with zero attached hydrogens (tertiary/aromatic N) is 16. The van der Waals surface area contributed by atoms with Crippen molar-refractivity contribution in [2.24, 2.45) is 0 Å². The second-order valence-corrected chi connectivity index (χ2v) is 18.2. The highest BCUT2D eigenvalue weighted by atomic mass is 32.1. The molecule has 0 fully saturated rings. The highest BCUT2D eigenvalue weighted by Crippen LogP contribution is 2.15. The molecule has 11 heterocycles. The topological polar surface area (TPSA) is 280 Å². The van der Waals surface area contributed by atoms with Gasteiger partial charge >= 0.3 is 0 Å². The van der Waals surface area contributed by atoms with Crippen molar-refractivity contribution < 1.29 is 8.94 Å². The van der Waals surface area contributed by atoms with Crippen LogP contribution >= 0.6 is 22.7 Å². The van der Waals surface area contributed by atoms with Gasteiger partial charge in [-0.15, -0.1) is 43.1 Å². The van der Waals surface area contributed by atoms with Gasteiger partial charge in [-0.05, 0) is 136 Å². The Bertz CT molecular complexity index is 2840. The fourth-order valence-electron chi connectivity index (χ4n) is 4.89. The first kappa shape index (κ1) is 67.4. The van der Waals surface area contributed by atoms with Crippen molar-refractivity contribution in [3.63, 3.8) is 0 Å². The van der Waals surface area contributed by atoms with E-state index >= 15 is 0 Å². The Morgan fingerprint density at radius 1 is 0.494 bits per heavy atom. The van der Waals surface area contributed by atoms with E-state index in [2.05, 4.69) is 115 Å². The number of aryl methyl sites for hydroxylation is 12. The maximum Gasteiger partial charge on any atom is 0.190 e. The largest absolute Gasteiger partial charge is 0.449 e. The van der Waals surface area contributed by atoms with Crippen LogP contribution in [0.15, 0.2) is 203 Å². The number of oxazole rings is 1. The van der Waals surface area contributed by atoms with Crippen LogP contribution in [0.5, 0.6) is 0 Å². The summed E-state index contributed by atoms with van der Waals surface area (Å²) in [7, 11) is 0. The Morgan fingerprint density at radius 2 is 1.21 bits per heavy atom. The van der Waals surface area contributed by atoms with Gasteiger partial charge in [-0.2, -0.15) is 20.5 Å². The van der Waals surface area contributed by atoms with E-state index in [0.29, 0.717) is 5.82 Å². The van der Waals surface area contributed by atoms with Crippen LogP contribution < -0.4 is 0 Å². The molecule has 23 heteroatoms. The summed E-state index contributed by atoms with van der Waals surface area (Å²) in [5.41, 5.74) is 9.20. The van der Waals surface area contributed by atoms with Gasteiger partial charge in [0.1, 0.15) is 28.4 Å². The van der Waals surface area contributed by atoms with Gasteiger partial charge in [0.05, 0.1) is 22.6 Å². The molecule has 0 spiro atoms. The zero-order valence-electron chi connectivity index (χ0n) is 47.8. The lowest BCUT2D eigenvalue weighted by atomic mass is 10.2. The molecule has 0 saturated carbocycles. The Balaban J connectivity index is 0.000000303. The number of thiazole rings is 1. The number of benzene rings is 2. The molecule has 81 heavy (non-hydrogen) atoms. The molecule has 0 aliphatic heterocycles. The predicted octanol–water partition coefficient (Wildman–Crippen LogP) is 12.7. The monoisotopic (exact) mass is 1130 g/mol. The van der Waals surface area contributed by atoms with Crippen LogP contribution in [0.1, 0.15) is 67.3 Å². The number of hydrogen-bond acceptors (Lipinski definition) is 20. The molecule has 0 atom stereocenters. The lowest BCUT2D eigenvalue weighted by Crippen LogP contribution is -1.80. The number of nitrogens with one attached hydrogen (secondary N) is 3. The average Bonchev–Trinajstić information content (AvgIpc) is 4.36. The Labute approximate surface area is 481 Å². The normalized spacial score (nSPS) is 8.99. The van der Waals surface area contributed by atoms with Crippen molar-refractivity contribution in [1.29, 1.82) is 0 Å². The third kappa shape index (κ3) is 38.5. The summed E-state index contributed by atoms with van der Waals surface area (Å²) in [6.45, 7) is 23.2. The van der Waals surface area contributed by atoms with E-state index in [1.165, 1.54) is 11.1 Å². The molecule has 0 radical (unpaired) electrons. The maximum absolute atomic E-state index is 5.00. The molecular formula is C58H71N19O2S2. The van der Waals surface area contributed by atoms with Crippen LogP contribution in [-0.4, -0.2) is 96.2 Å². The van der Waals surface area contributed by atoms with E-state index in [-0.39, 0.29) is 0 Å². The Morgan fingerprint density at radius 3 is 1.51 bits per heavy atom. The predicted molar refractivity (Wildman–Crippen MR) is 320 cm³/mol. The lowest BCUT2D eigenvalue weighted by molar-refractivity contribution is 0.450. The molecule has 13 aromatic rings. The highest BCUT2D eigenvalue weighted by molar-refractivity contribution is 7.09. The number of tetrazole rings is 1. The molecule has 0 unspecified atom stereocenters. The fraction of sp³-hybridized carbons (Fsp3) is 0.207. The van der Waals surface area contributed by atoms with Crippen LogP contribution in [0, 0.1) is 83.1 Å². The van der Waals surface area contributed by atoms with Gasteiger partial charge in [0.25, 0.3) is 0 Å². The molecule has 2 aromatic carbocycles. The van der Waals surface area contributed by atoms with Gasteiger partial charge in [0.2, 0.25) is 0 Å². The number of H-pyrrole nitrogens is 3. The van der Waals surface area contributed by atoms with Gasteiger partial charge in [-0.1, -0.05) is 70.5 Å². The van der Waals surface area contributed by atoms with Crippen LogP contribution in [0.25, 0.3) is 11.0 Å². The first-order valence-corrected chi connectivity index (χ1v) is 26.6. The van der Waals surface area contributed by atoms with E-state index < -0.39 is 0 Å². The summed E-state index contributed by atoms with van der Waals surface area (Å²) >= 11 is 3.22. The second-order valence-electron chi connectivity index (χ2n) is 16.0. The van der Waals surface area contributed by atoms with Gasteiger partial charge in [0, 0.05) is 91.0 Å². The number of pyridine rings is 2. The molecule has 0 saturated heterocycles. The van der Waals surface area contributed by atoms with Crippen molar-refractivity contribution >= 4 is 33.6 Å². The number of aromatic amines is 3. The highest BCUT2D eigenvalue weighted by Gasteiger charge is 1.99. The number of fused-ring (bicyclic) bond motifs is 1. The number of para-hydroxylation sites is 1. The summed E-state index contributed by atoms with van der Waals surface area (Å²) < 4.78 is 9.72. The molecule has 422 valence electrons. The van der Waals surface area contributed by atoms with Crippen molar-refractivity contribution in [1.82, 2.24) is 96.2 Å². The van der Waals surface area contributed by atoms with E-state index in [1.54, 1.807) is 116 Å². The van der Waals surface area contributed by atoms with Gasteiger partial charge in [-0.3, -0.25) is 20.1 Å². The molecule has 21 nitrogen and oxygen atoms in total. The molecule has 13 rings (SSSR count). The third-order valence-electron chi connectivity index (χ3n) is 8.83. The molecule has 0 amide bonds. The van der Waals surface area contributed by atoms with Crippen molar-refractivity contribution in [3.8, 4) is 0 Å². The van der Waals surface area contributed by atoms with Gasteiger partial charge in [0.15, 0.2) is 17.3 Å². The fourth-order valence-corrected chi connectivity index (χ4v) is 5.68. The number of imidazole rings is 1. The van der Waals surface area contributed by atoms with Crippen molar-refractivity contribution in [2.75, 3.05) is 0 Å². The zero-order chi connectivity index (χ0) is 59.0. The smallest absolute Gasteiger partial charge is 0.190 e. The first-order chi connectivity index (χ1) is 39.2. The summed E-state index contributed by atoms with van der Waals surface area (Å²) in [5.74, 6) is 3.18. The van der Waals surface area contributed by atoms with E-state index in [9.17, 15) is 0 Å². The Hall–Kier alpha value is -9.74. The number of rotatable bonds is 0. The third-order valence-corrected chi connectivity index (χ3v) is 10.2. The van der Waals surface area contributed by atoms with E-state index in [4.69, 9.17) is 8.94 Å². The SMILES string of the molecule is Cc1ccccc1.Cc1ccccn1.Cc1cccnc1.Cc1cccnn1.Cc1ccn[nH]1.Cc1ncc[nH]1.Cc1ncccn1.Cc1ncco1.Cc1nccs1.Cc1nn[nH]n1.Cc1nncs1.Cc1noc2ccccc12. The molecule has 3 N–H and O–H groups in total. The van der Waals surface area contributed by atoms with Gasteiger partial charge in [-0.25, -0.2) is 19.9 Å². The lowest BCUT2D eigenvalue weighted by Gasteiger charge is -1.82. The Kier molecular flexibility index (Phi) is 36.8. The quantitative estimate of drug-likeness (QED) is 0.127. The standard InChI is InChI=1S/C8H7NO.C7H8.2C6H7N.2C5H6N2.2C4H6N2.C4H5NO.C4H5NS.C3H4N2S.C2H4N4/c1-6-7-4-2-3-5-8(7)10-9-6;1-7-5-3-2-4-6-7;1-6-3-2-4-7-5-6;1-6-4-2-3-5-7-6;1-5-6-3-2-4-7-5;1-5-3-2-4-6-7-5;1-4-5-2-3-6-4;1-4-2-3-5-6-4;2*1-4-5-2-3-6-4;1-3-5-4-2-6-3;1-2-3-5-6-4-2/h2-5H,1H3;2-6H,1H3;2*2-5H,1H3;2*2-4H,1H3;2*2-3H,1H3,(H,5,6);2*2-3H,1H3;2H,1H3;1H3,(H,3,4,5,6). The summed E-state index contributed by atoms with van der Waals surface area (Å²) in [5, 5.41) is 42.9. The van der Waals surface area contributed by atoms with Gasteiger partial charge < -0.3 is 13.9 Å². The van der Waals surface area contributed by atoms with Crippen molar-refractivity contribution in [2.45, 2.75) is 83.1 Å². The maximum atomic E-state index is 5.00. The zero-order valence-corrected chi connectivity index (χ0v) is 49.4.